The molecule has 0 amide bonds. The number of ether oxygens (including phenoxy) is 8. The van der Waals surface area contributed by atoms with E-state index in [-0.39, 0.29) is 75.1 Å². The fraction of sp³-hybridized carbons (Fsp3) is 0.265. The van der Waals surface area contributed by atoms with Crippen LogP contribution < -0.4 is 18.9 Å². The largest absolute Gasteiger partial charge is 0.490 e. The summed E-state index contributed by atoms with van der Waals surface area (Å²) in [6, 6.07) is 27.1. The molecule has 4 aromatic carbocycles. The second-order valence-corrected chi connectivity index (χ2v) is 14.3. The van der Waals surface area contributed by atoms with Gasteiger partial charge in [0.05, 0.1) is 5.41 Å². The quantitative estimate of drug-likeness (QED) is 0.0288. The van der Waals surface area contributed by atoms with Gasteiger partial charge < -0.3 is 37.9 Å². The van der Waals surface area contributed by atoms with Gasteiger partial charge in [0.25, 0.3) is 0 Å². The highest BCUT2D eigenvalue weighted by Gasteiger charge is 2.47. The molecule has 0 unspecified atom stereocenters. The SMILES string of the molecule is C=C(C)C(=O)OCCOc1cc(OCCOC(=O)C(=C)C)cc(C2(c3cc(OCCOC(=O)C(=C)C)cc(OCCOC(=O)C(=C)C)c3)c3ccccc3-c3ccccc32)c1. The molecular formula is C49H50O12. The van der Waals surface area contributed by atoms with Crippen molar-refractivity contribution in [3.8, 4) is 34.1 Å². The van der Waals surface area contributed by atoms with E-state index in [0.717, 1.165) is 33.4 Å². The zero-order valence-electron chi connectivity index (χ0n) is 35.0. The minimum atomic E-state index is -1.07. The Bertz CT molecular complexity index is 2070. The Morgan fingerprint density at radius 3 is 0.934 bits per heavy atom. The van der Waals surface area contributed by atoms with Crippen molar-refractivity contribution < 1.29 is 57.1 Å². The molecule has 0 aromatic heterocycles. The van der Waals surface area contributed by atoms with Gasteiger partial charge in [-0.1, -0.05) is 74.8 Å². The third-order valence-electron chi connectivity index (χ3n) is 9.31. The van der Waals surface area contributed by atoms with Crippen LogP contribution in [0, 0.1) is 0 Å². The Morgan fingerprint density at radius 2 is 0.672 bits per heavy atom. The molecule has 0 aliphatic heterocycles. The van der Waals surface area contributed by atoms with Gasteiger partial charge in [0.2, 0.25) is 0 Å². The van der Waals surface area contributed by atoms with E-state index < -0.39 is 29.3 Å². The predicted molar refractivity (Wildman–Crippen MR) is 229 cm³/mol. The molecule has 0 bridgehead atoms. The van der Waals surface area contributed by atoms with Crippen LogP contribution in [0.15, 0.2) is 134 Å². The molecule has 0 atom stereocenters. The van der Waals surface area contributed by atoms with Gasteiger partial charge in [-0.2, -0.15) is 0 Å². The topological polar surface area (TPSA) is 142 Å². The minimum absolute atomic E-state index is 0.0194. The second-order valence-electron chi connectivity index (χ2n) is 14.3. The van der Waals surface area contributed by atoms with E-state index >= 15 is 0 Å². The number of esters is 4. The van der Waals surface area contributed by atoms with Crippen LogP contribution in [0.4, 0.5) is 0 Å². The standard InChI is InChI=1S/C49H50O12/c1-31(2)45(50)58-21-17-54-37-25-35(26-38(29-37)55-18-22-59-46(51)32(3)4)49(43-15-11-9-13-41(43)42-14-10-12-16-44(42)49)36-27-39(56-19-23-60-47(52)33(5)6)30-40(28-36)57-20-24-61-48(53)34(7)8/h9-16,25-30H,1,3,5,7,17-24H2,2,4,6,8H3. The van der Waals surface area contributed by atoms with Crippen LogP contribution in [0.3, 0.4) is 0 Å². The van der Waals surface area contributed by atoms with Gasteiger partial charge in [-0.3, -0.25) is 0 Å². The lowest BCUT2D eigenvalue weighted by Gasteiger charge is -2.35. The minimum Gasteiger partial charge on any atom is -0.490 e. The first-order valence-electron chi connectivity index (χ1n) is 19.5. The molecule has 318 valence electrons. The maximum atomic E-state index is 12.1. The van der Waals surface area contributed by atoms with Gasteiger partial charge in [-0.25, -0.2) is 19.2 Å². The van der Waals surface area contributed by atoms with E-state index in [4.69, 9.17) is 37.9 Å². The van der Waals surface area contributed by atoms with Crippen molar-refractivity contribution in [1.29, 1.82) is 0 Å². The Labute approximate surface area is 356 Å². The highest BCUT2D eigenvalue weighted by atomic mass is 16.6. The molecule has 1 aliphatic rings. The number of benzene rings is 4. The second kappa shape index (κ2) is 20.7. The van der Waals surface area contributed by atoms with Gasteiger partial charge in [-0.15, -0.1) is 0 Å². The summed E-state index contributed by atoms with van der Waals surface area (Å²) in [6.45, 7) is 20.7. The summed E-state index contributed by atoms with van der Waals surface area (Å²) in [4.78, 5) is 48.5. The number of carbonyl (C=O) groups is 4. The summed E-state index contributed by atoms with van der Waals surface area (Å²) in [6.07, 6.45) is 0. The van der Waals surface area contributed by atoms with Crippen molar-refractivity contribution in [2.75, 3.05) is 52.9 Å². The van der Waals surface area contributed by atoms with Crippen LogP contribution in [-0.4, -0.2) is 76.7 Å². The average molecular weight is 831 g/mol. The van der Waals surface area contributed by atoms with Crippen LogP contribution >= 0.6 is 0 Å². The van der Waals surface area contributed by atoms with Crippen molar-refractivity contribution in [3.63, 3.8) is 0 Å². The van der Waals surface area contributed by atoms with Gasteiger partial charge in [0.1, 0.15) is 75.9 Å². The summed E-state index contributed by atoms with van der Waals surface area (Å²) >= 11 is 0. The maximum absolute atomic E-state index is 12.1. The summed E-state index contributed by atoms with van der Waals surface area (Å²) in [5, 5.41) is 0. The molecule has 0 spiro atoms. The molecule has 61 heavy (non-hydrogen) atoms. The molecule has 0 saturated carbocycles. The summed E-state index contributed by atoms with van der Waals surface area (Å²) in [5.74, 6) is -0.524. The fourth-order valence-electron chi connectivity index (χ4n) is 6.60. The number of hydrogen-bond acceptors (Lipinski definition) is 12. The van der Waals surface area contributed by atoms with E-state index in [1.807, 2.05) is 48.5 Å². The molecule has 5 rings (SSSR count). The number of rotatable bonds is 22. The van der Waals surface area contributed by atoms with Crippen LogP contribution in [0.25, 0.3) is 11.1 Å². The van der Waals surface area contributed by atoms with Crippen LogP contribution in [0.2, 0.25) is 0 Å². The van der Waals surface area contributed by atoms with Crippen LogP contribution in [0.1, 0.15) is 49.9 Å². The van der Waals surface area contributed by atoms with Gasteiger partial charge in [0, 0.05) is 34.4 Å². The Hall–Kier alpha value is -7.08. The lowest BCUT2D eigenvalue weighted by Crippen LogP contribution is -2.29. The summed E-state index contributed by atoms with van der Waals surface area (Å²) in [7, 11) is 0. The smallest absolute Gasteiger partial charge is 0.333 e. The van der Waals surface area contributed by atoms with Crippen LogP contribution in [0.5, 0.6) is 23.0 Å². The van der Waals surface area contributed by atoms with E-state index in [1.165, 1.54) is 0 Å². The van der Waals surface area contributed by atoms with Crippen molar-refractivity contribution >= 4 is 23.9 Å². The van der Waals surface area contributed by atoms with Gasteiger partial charge >= 0.3 is 23.9 Å². The molecule has 12 nitrogen and oxygen atoms in total. The van der Waals surface area contributed by atoms with Crippen molar-refractivity contribution in [2.45, 2.75) is 33.1 Å². The highest BCUT2D eigenvalue weighted by molar-refractivity contribution is 5.89. The Morgan fingerprint density at radius 1 is 0.410 bits per heavy atom. The van der Waals surface area contributed by atoms with Gasteiger partial charge in [-0.05, 0) is 85.3 Å². The van der Waals surface area contributed by atoms with E-state index in [9.17, 15) is 19.2 Å². The van der Waals surface area contributed by atoms with Crippen molar-refractivity contribution in [1.82, 2.24) is 0 Å². The fourth-order valence-corrected chi connectivity index (χ4v) is 6.60. The van der Waals surface area contributed by atoms with Crippen molar-refractivity contribution in [2.24, 2.45) is 0 Å². The molecular weight excluding hydrogens is 781 g/mol. The van der Waals surface area contributed by atoms with E-state index in [0.29, 0.717) is 23.0 Å². The lowest BCUT2D eigenvalue weighted by atomic mass is 9.67. The van der Waals surface area contributed by atoms with E-state index in [1.54, 1.807) is 39.8 Å². The third kappa shape index (κ3) is 11.2. The third-order valence-corrected chi connectivity index (χ3v) is 9.31. The first kappa shape index (κ1) is 45.0. The maximum Gasteiger partial charge on any atom is 0.333 e. The number of carbonyl (C=O) groups excluding carboxylic acids is 4. The predicted octanol–water partition coefficient (Wildman–Crippen LogP) is 8.04. The normalized spacial score (nSPS) is 11.8. The first-order chi connectivity index (χ1) is 29.2. The van der Waals surface area contributed by atoms with E-state index in [2.05, 4.69) is 50.6 Å². The zero-order chi connectivity index (χ0) is 44.1. The van der Waals surface area contributed by atoms with Gasteiger partial charge in [0.15, 0.2) is 0 Å². The molecule has 0 saturated heterocycles. The Balaban J connectivity index is 1.66. The molecule has 0 radical (unpaired) electrons. The summed E-state index contributed by atoms with van der Waals surface area (Å²) < 4.78 is 46.1. The lowest BCUT2D eigenvalue weighted by molar-refractivity contribution is -0.140. The molecule has 12 heteroatoms. The molecule has 4 aromatic rings. The number of fused-ring (bicyclic) bond motifs is 3. The monoisotopic (exact) mass is 830 g/mol. The van der Waals surface area contributed by atoms with Crippen molar-refractivity contribution in [3.05, 3.63) is 156 Å². The molecule has 0 heterocycles. The average Bonchev–Trinajstić information content (AvgIpc) is 3.54. The summed E-state index contributed by atoms with van der Waals surface area (Å²) in [5.41, 5.74) is 5.27. The van der Waals surface area contributed by atoms with Crippen LogP contribution in [-0.2, 0) is 43.5 Å². The first-order valence-corrected chi connectivity index (χ1v) is 19.5. The Kier molecular flexibility index (Phi) is 15.3. The highest BCUT2D eigenvalue weighted by Crippen LogP contribution is 2.57. The molecule has 1 aliphatic carbocycles. The number of hydrogen-bond donors (Lipinski definition) is 0. The zero-order valence-corrected chi connectivity index (χ0v) is 35.0. The molecule has 0 fully saturated rings. The molecule has 0 N–H and O–H groups in total.